The maximum Gasteiger partial charge on any atom is 0.229 e. The Balaban J connectivity index is 1.60. The molecule has 0 saturated heterocycles. The number of rotatable bonds is 5. The highest BCUT2D eigenvalue weighted by molar-refractivity contribution is 6.33. The van der Waals surface area contributed by atoms with Crippen molar-refractivity contribution >= 4 is 34.7 Å². The van der Waals surface area contributed by atoms with E-state index < -0.39 is 0 Å². The van der Waals surface area contributed by atoms with Crippen molar-refractivity contribution in [3.63, 3.8) is 0 Å². The molecular weight excluding hydrogens is 322 g/mol. The molecule has 0 aliphatic rings. The van der Waals surface area contributed by atoms with Gasteiger partial charge >= 0.3 is 0 Å². The Hall–Kier alpha value is -2.85. The fourth-order valence-corrected chi connectivity index (χ4v) is 2.41. The minimum Gasteiger partial charge on any atom is -0.353 e. The third-order valence-electron chi connectivity index (χ3n) is 3.39. The van der Waals surface area contributed by atoms with Crippen LogP contribution < -0.4 is 10.6 Å². The molecule has 0 radical (unpaired) electrons. The number of nitrogens with one attached hydrogen (secondary N) is 2. The van der Waals surface area contributed by atoms with E-state index in [0.29, 0.717) is 17.3 Å². The summed E-state index contributed by atoms with van der Waals surface area (Å²) in [5.41, 5.74) is 2.57. The van der Waals surface area contributed by atoms with Crippen LogP contribution in [0.2, 0.25) is 5.02 Å². The van der Waals surface area contributed by atoms with Crippen LogP contribution in [0.25, 0.3) is 0 Å². The van der Waals surface area contributed by atoms with Gasteiger partial charge in [-0.05, 0) is 29.8 Å². The molecule has 3 aromatic rings. The number of carbonyl (C=O) groups is 1. The molecule has 120 valence electrons. The third kappa shape index (κ3) is 4.33. The van der Waals surface area contributed by atoms with E-state index in [1.807, 2.05) is 60.7 Å². The molecule has 0 unspecified atom stereocenters. The van der Waals surface area contributed by atoms with Crippen molar-refractivity contribution in [3.8, 4) is 0 Å². The van der Waals surface area contributed by atoms with Crippen molar-refractivity contribution in [2.24, 2.45) is 0 Å². The first-order valence-electron chi connectivity index (χ1n) is 7.52. The van der Waals surface area contributed by atoms with E-state index in [9.17, 15) is 4.79 Å². The Kier molecular flexibility index (Phi) is 5.08. The number of carbonyl (C=O) groups excluding carboxylic acids is 1. The normalized spacial score (nSPS) is 10.2. The number of aromatic nitrogens is 1. The van der Waals surface area contributed by atoms with Crippen molar-refractivity contribution in [1.82, 2.24) is 4.98 Å². The standard InChI is InChI=1S/C19H16ClN3O/c20-16-8-4-5-9-17(16)22-15-10-11-18(21-13-15)23-19(24)12-14-6-2-1-3-7-14/h1-11,13,22H,12H2,(H,21,23,24). The first-order valence-corrected chi connectivity index (χ1v) is 7.90. The van der Waals surface area contributed by atoms with Crippen LogP contribution in [0, 0.1) is 0 Å². The Morgan fingerprint density at radius 2 is 1.71 bits per heavy atom. The summed E-state index contributed by atoms with van der Waals surface area (Å²) in [7, 11) is 0. The van der Waals surface area contributed by atoms with E-state index in [0.717, 1.165) is 16.9 Å². The van der Waals surface area contributed by atoms with Gasteiger partial charge in [-0.2, -0.15) is 0 Å². The van der Waals surface area contributed by atoms with E-state index in [1.165, 1.54) is 0 Å². The zero-order chi connectivity index (χ0) is 16.8. The van der Waals surface area contributed by atoms with Gasteiger partial charge in [0.1, 0.15) is 5.82 Å². The van der Waals surface area contributed by atoms with Crippen LogP contribution in [0.1, 0.15) is 5.56 Å². The number of anilines is 3. The highest BCUT2D eigenvalue weighted by atomic mass is 35.5. The molecule has 2 aromatic carbocycles. The summed E-state index contributed by atoms with van der Waals surface area (Å²) in [6, 6.07) is 20.7. The quantitative estimate of drug-likeness (QED) is 0.712. The van der Waals surface area contributed by atoms with Crippen LogP contribution in [0.4, 0.5) is 17.2 Å². The molecule has 0 fully saturated rings. The van der Waals surface area contributed by atoms with Crippen molar-refractivity contribution < 1.29 is 4.79 Å². The topological polar surface area (TPSA) is 54.0 Å². The Bertz CT molecular complexity index is 820. The van der Waals surface area contributed by atoms with Crippen molar-refractivity contribution in [2.45, 2.75) is 6.42 Å². The molecule has 24 heavy (non-hydrogen) atoms. The van der Waals surface area contributed by atoms with Gasteiger partial charge in [0.2, 0.25) is 5.91 Å². The van der Waals surface area contributed by atoms with Gasteiger partial charge in [0.25, 0.3) is 0 Å². The second-order valence-electron chi connectivity index (χ2n) is 5.25. The maximum absolute atomic E-state index is 12.0. The van der Waals surface area contributed by atoms with Crippen LogP contribution in [0.5, 0.6) is 0 Å². The van der Waals surface area contributed by atoms with Crippen molar-refractivity contribution in [2.75, 3.05) is 10.6 Å². The second-order valence-corrected chi connectivity index (χ2v) is 5.65. The van der Waals surface area contributed by atoms with Crippen LogP contribution in [0.15, 0.2) is 72.9 Å². The molecule has 2 N–H and O–H groups in total. The summed E-state index contributed by atoms with van der Waals surface area (Å²) in [6.45, 7) is 0. The lowest BCUT2D eigenvalue weighted by atomic mass is 10.1. The summed E-state index contributed by atoms with van der Waals surface area (Å²) in [4.78, 5) is 16.3. The summed E-state index contributed by atoms with van der Waals surface area (Å²) >= 11 is 6.11. The third-order valence-corrected chi connectivity index (χ3v) is 3.72. The first-order chi connectivity index (χ1) is 11.7. The van der Waals surface area contributed by atoms with Gasteiger partial charge in [0.15, 0.2) is 0 Å². The Morgan fingerprint density at radius 1 is 0.958 bits per heavy atom. The van der Waals surface area contributed by atoms with Gasteiger partial charge in [-0.1, -0.05) is 54.1 Å². The predicted octanol–water partition coefficient (Wildman–Crippen LogP) is 4.66. The zero-order valence-corrected chi connectivity index (χ0v) is 13.6. The highest BCUT2D eigenvalue weighted by Crippen LogP contribution is 2.24. The number of hydrogen-bond acceptors (Lipinski definition) is 3. The van der Waals surface area contributed by atoms with E-state index in [2.05, 4.69) is 15.6 Å². The molecule has 0 saturated carbocycles. The fraction of sp³-hybridized carbons (Fsp3) is 0.0526. The zero-order valence-electron chi connectivity index (χ0n) is 12.9. The number of nitrogens with zero attached hydrogens (tertiary/aromatic N) is 1. The molecule has 5 heteroatoms. The minimum atomic E-state index is -0.0967. The molecule has 0 aliphatic heterocycles. The number of amides is 1. The summed E-state index contributed by atoms with van der Waals surface area (Å²) in [5, 5.41) is 6.61. The van der Waals surface area contributed by atoms with E-state index >= 15 is 0 Å². The van der Waals surface area contributed by atoms with Crippen molar-refractivity contribution in [1.29, 1.82) is 0 Å². The summed E-state index contributed by atoms with van der Waals surface area (Å²) in [6.07, 6.45) is 1.98. The van der Waals surface area contributed by atoms with Gasteiger partial charge in [-0.3, -0.25) is 4.79 Å². The van der Waals surface area contributed by atoms with E-state index in [-0.39, 0.29) is 5.91 Å². The SMILES string of the molecule is O=C(Cc1ccccc1)Nc1ccc(Nc2ccccc2Cl)cn1. The molecule has 3 rings (SSSR count). The molecule has 0 atom stereocenters. The molecule has 0 aliphatic carbocycles. The van der Waals surface area contributed by atoms with Crippen LogP contribution in [-0.2, 0) is 11.2 Å². The van der Waals surface area contributed by atoms with Crippen LogP contribution >= 0.6 is 11.6 Å². The van der Waals surface area contributed by atoms with E-state index in [4.69, 9.17) is 11.6 Å². The lowest BCUT2D eigenvalue weighted by molar-refractivity contribution is -0.115. The number of pyridine rings is 1. The van der Waals surface area contributed by atoms with Gasteiger partial charge in [0.05, 0.1) is 29.0 Å². The average molecular weight is 338 g/mol. The molecule has 1 amide bonds. The summed E-state index contributed by atoms with van der Waals surface area (Å²) < 4.78 is 0. The van der Waals surface area contributed by atoms with Gasteiger partial charge < -0.3 is 10.6 Å². The lowest BCUT2D eigenvalue weighted by Gasteiger charge is -2.09. The van der Waals surface area contributed by atoms with Crippen LogP contribution in [0.3, 0.4) is 0 Å². The largest absolute Gasteiger partial charge is 0.353 e. The first kappa shape index (κ1) is 16.0. The fourth-order valence-electron chi connectivity index (χ4n) is 2.23. The second kappa shape index (κ2) is 7.62. The molecule has 4 nitrogen and oxygen atoms in total. The maximum atomic E-state index is 12.0. The van der Waals surface area contributed by atoms with Crippen LogP contribution in [-0.4, -0.2) is 10.9 Å². The van der Waals surface area contributed by atoms with Gasteiger partial charge in [-0.15, -0.1) is 0 Å². The number of para-hydroxylation sites is 1. The lowest BCUT2D eigenvalue weighted by Crippen LogP contribution is -2.15. The minimum absolute atomic E-state index is 0.0967. The predicted molar refractivity (Wildman–Crippen MR) is 97.7 cm³/mol. The molecule has 1 heterocycles. The Labute approximate surface area is 145 Å². The Morgan fingerprint density at radius 3 is 2.42 bits per heavy atom. The van der Waals surface area contributed by atoms with E-state index in [1.54, 1.807) is 12.3 Å². The average Bonchev–Trinajstić information content (AvgIpc) is 2.59. The molecule has 0 bridgehead atoms. The monoisotopic (exact) mass is 337 g/mol. The number of benzene rings is 2. The summed E-state index contributed by atoms with van der Waals surface area (Å²) in [5.74, 6) is 0.418. The number of halogens is 1. The van der Waals surface area contributed by atoms with Gasteiger partial charge in [-0.25, -0.2) is 4.98 Å². The number of hydrogen-bond donors (Lipinski definition) is 2. The smallest absolute Gasteiger partial charge is 0.229 e. The highest BCUT2D eigenvalue weighted by Gasteiger charge is 2.05. The molecule has 0 spiro atoms. The van der Waals surface area contributed by atoms with Crippen molar-refractivity contribution in [3.05, 3.63) is 83.5 Å². The molecule has 1 aromatic heterocycles. The van der Waals surface area contributed by atoms with Gasteiger partial charge in [0, 0.05) is 0 Å². The molecular formula is C19H16ClN3O.